The Morgan fingerprint density at radius 2 is 2.07 bits per heavy atom. The maximum atomic E-state index is 12.6. The second-order valence-electron chi connectivity index (χ2n) is 7.43. The molecule has 2 unspecified atom stereocenters. The van der Waals surface area contributed by atoms with Crippen LogP contribution in [0.25, 0.3) is 10.2 Å². The summed E-state index contributed by atoms with van der Waals surface area (Å²) < 4.78 is 1.24. The van der Waals surface area contributed by atoms with Gasteiger partial charge in [0.1, 0.15) is 0 Å². The maximum Gasteiger partial charge on any atom is 0.234 e. The van der Waals surface area contributed by atoms with Gasteiger partial charge in [0, 0.05) is 17.5 Å². The van der Waals surface area contributed by atoms with Crippen LogP contribution in [0.3, 0.4) is 0 Å². The van der Waals surface area contributed by atoms with E-state index in [9.17, 15) is 4.79 Å². The molecule has 28 heavy (non-hydrogen) atoms. The molecule has 3 aromatic rings. The van der Waals surface area contributed by atoms with Gasteiger partial charge in [0.25, 0.3) is 0 Å². The summed E-state index contributed by atoms with van der Waals surface area (Å²) in [5.74, 6) is 0.472. The first-order chi connectivity index (χ1) is 13.6. The number of likely N-dealkylation sites (tertiary alicyclic amines) is 1. The summed E-state index contributed by atoms with van der Waals surface area (Å²) in [6.45, 7) is 4.29. The van der Waals surface area contributed by atoms with Gasteiger partial charge in [0.2, 0.25) is 5.91 Å². The van der Waals surface area contributed by atoms with Crippen LogP contribution in [0.5, 0.6) is 0 Å². The molecule has 0 radical (unpaired) electrons. The predicted molar refractivity (Wildman–Crippen MR) is 116 cm³/mol. The average molecular weight is 414 g/mol. The molecule has 1 amide bonds. The molecule has 2 heterocycles. The summed E-state index contributed by atoms with van der Waals surface area (Å²) in [6.07, 6.45) is 2.24. The molecule has 0 spiro atoms. The zero-order valence-electron chi connectivity index (χ0n) is 15.9. The van der Waals surface area contributed by atoms with Crippen molar-refractivity contribution in [3.05, 3.63) is 64.1 Å². The summed E-state index contributed by atoms with van der Waals surface area (Å²) in [6, 6.07) is 15.9. The van der Waals surface area contributed by atoms with Gasteiger partial charge in [-0.25, -0.2) is 4.98 Å². The van der Waals surface area contributed by atoms with Crippen LogP contribution in [-0.4, -0.2) is 35.4 Å². The molecule has 1 N–H and O–H groups in total. The topological polar surface area (TPSA) is 45.2 Å². The number of amides is 1. The smallest absolute Gasteiger partial charge is 0.234 e. The minimum Gasteiger partial charge on any atom is -0.348 e. The second kappa shape index (κ2) is 8.60. The highest BCUT2D eigenvalue weighted by Gasteiger charge is 2.25. The molecule has 1 fully saturated rings. The molecular weight excluding hydrogens is 390 g/mol. The van der Waals surface area contributed by atoms with Crippen molar-refractivity contribution in [2.24, 2.45) is 0 Å². The van der Waals surface area contributed by atoms with E-state index in [-0.39, 0.29) is 11.9 Å². The molecule has 1 saturated heterocycles. The fraction of sp³-hybridized carbons (Fsp3) is 0.364. The van der Waals surface area contributed by atoms with E-state index in [0.717, 1.165) is 37.0 Å². The zero-order chi connectivity index (χ0) is 19.5. The summed E-state index contributed by atoms with van der Waals surface area (Å²) in [7, 11) is 0. The van der Waals surface area contributed by atoms with Crippen LogP contribution in [0.4, 0.5) is 0 Å². The second-order valence-corrected chi connectivity index (χ2v) is 8.93. The molecular formula is C22H24ClN3OS. The lowest BCUT2D eigenvalue weighted by Crippen LogP contribution is -2.42. The molecule has 0 aliphatic carbocycles. The Balaban J connectivity index is 1.35. The summed E-state index contributed by atoms with van der Waals surface area (Å²) >= 11 is 7.73. The van der Waals surface area contributed by atoms with Gasteiger partial charge in [-0.2, -0.15) is 0 Å². The molecule has 1 aromatic heterocycles. The fourth-order valence-electron chi connectivity index (χ4n) is 3.79. The first-order valence-electron chi connectivity index (χ1n) is 9.71. The summed E-state index contributed by atoms with van der Waals surface area (Å²) in [5.41, 5.74) is 2.14. The van der Waals surface area contributed by atoms with Gasteiger partial charge in [0.05, 0.1) is 27.8 Å². The van der Waals surface area contributed by atoms with E-state index in [4.69, 9.17) is 16.6 Å². The number of benzene rings is 2. The number of aromatic nitrogens is 1. The van der Waals surface area contributed by atoms with Crippen molar-refractivity contribution in [1.82, 2.24) is 15.2 Å². The number of fused-ring (bicyclic) bond motifs is 1. The summed E-state index contributed by atoms with van der Waals surface area (Å²) in [5, 5.41) is 5.00. The number of thiazole rings is 1. The van der Waals surface area contributed by atoms with Gasteiger partial charge in [0.15, 0.2) is 0 Å². The van der Waals surface area contributed by atoms with E-state index in [1.165, 1.54) is 9.71 Å². The number of carbonyl (C=O) groups is 1. The minimum atomic E-state index is -0.0328. The lowest BCUT2D eigenvalue weighted by Gasteiger charge is -2.31. The molecule has 2 atom stereocenters. The number of hydrogen-bond acceptors (Lipinski definition) is 4. The summed E-state index contributed by atoms with van der Waals surface area (Å²) in [4.78, 5) is 19.6. The molecule has 2 aromatic carbocycles. The Kier molecular flexibility index (Phi) is 5.95. The van der Waals surface area contributed by atoms with E-state index < -0.39 is 0 Å². The van der Waals surface area contributed by atoms with Crippen molar-refractivity contribution in [3.8, 4) is 0 Å². The van der Waals surface area contributed by atoms with Crippen LogP contribution in [0.2, 0.25) is 5.02 Å². The third kappa shape index (κ3) is 4.54. The number of rotatable bonds is 5. The molecule has 6 heteroatoms. The van der Waals surface area contributed by atoms with E-state index in [1.807, 2.05) is 37.3 Å². The number of nitrogens with one attached hydrogen (secondary N) is 1. The average Bonchev–Trinajstić information content (AvgIpc) is 3.13. The quantitative estimate of drug-likeness (QED) is 0.639. The first-order valence-corrected chi connectivity index (χ1v) is 10.9. The van der Waals surface area contributed by atoms with E-state index in [2.05, 4.69) is 28.4 Å². The predicted octanol–water partition coefficient (Wildman–Crippen LogP) is 5.01. The third-order valence-corrected chi connectivity index (χ3v) is 6.73. The highest BCUT2D eigenvalue weighted by atomic mass is 35.5. The van der Waals surface area contributed by atoms with E-state index in [0.29, 0.717) is 17.5 Å². The third-order valence-electron chi connectivity index (χ3n) is 5.28. The van der Waals surface area contributed by atoms with Crippen LogP contribution in [0, 0.1) is 0 Å². The largest absolute Gasteiger partial charge is 0.348 e. The fourth-order valence-corrected chi connectivity index (χ4v) is 5.01. The molecule has 146 valence electrons. The standard InChI is InChI=1S/C22H24ClN3OS/c1-15(16-8-10-18(23)11-9-16)24-21(27)14-26-12-4-5-17(13-26)22-25-19-6-2-3-7-20(19)28-22/h2-3,6-11,15,17H,4-5,12-14H2,1H3,(H,24,27). The zero-order valence-corrected chi connectivity index (χ0v) is 17.5. The Labute approximate surface area is 174 Å². The van der Waals surface area contributed by atoms with Crippen LogP contribution in [0.15, 0.2) is 48.5 Å². The molecule has 1 aliphatic heterocycles. The van der Waals surface area contributed by atoms with Crippen molar-refractivity contribution >= 4 is 39.1 Å². The van der Waals surface area contributed by atoms with E-state index in [1.54, 1.807) is 11.3 Å². The first kappa shape index (κ1) is 19.4. The van der Waals surface area contributed by atoms with Gasteiger partial charge in [-0.3, -0.25) is 9.69 Å². The van der Waals surface area contributed by atoms with Crippen molar-refractivity contribution in [3.63, 3.8) is 0 Å². The number of halogens is 1. The molecule has 1 aliphatic rings. The lowest BCUT2D eigenvalue weighted by molar-refractivity contribution is -0.123. The number of para-hydroxylation sites is 1. The van der Waals surface area contributed by atoms with Crippen molar-refractivity contribution in [2.45, 2.75) is 31.7 Å². The van der Waals surface area contributed by atoms with Crippen molar-refractivity contribution in [2.75, 3.05) is 19.6 Å². The van der Waals surface area contributed by atoms with Gasteiger partial charge in [-0.05, 0) is 56.1 Å². The Morgan fingerprint density at radius 3 is 2.86 bits per heavy atom. The number of carbonyl (C=O) groups excluding carboxylic acids is 1. The highest BCUT2D eigenvalue weighted by molar-refractivity contribution is 7.18. The molecule has 0 saturated carbocycles. The number of piperidine rings is 1. The van der Waals surface area contributed by atoms with Gasteiger partial charge in [-0.15, -0.1) is 11.3 Å². The van der Waals surface area contributed by atoms with Gasteiger partial charge in [-0.1, -0.05) is 35.9 Å². The monoisotopic (exact) mass is 413 g/mol. The number of hydrogen-bond donors (Lipinski definition) is 1. The van der Waals surface area contributed by atoms with Crippen LogP contribution < -0.4 is 5.32 Å². The van der Waals surface area contributed by atoms with Gasteiger partial charge >= 0.3 is 0 Å². The molecule has 0 bridgehead atoms. The van der Waals surface area contributed by atoms with Crippen molar-refractivity contribution in [1.29, 1.82) is 0 Å². The maximum absolute atomic E-state index is 12.6. The lowest BCUT2D eigenvalue weighted by atomic mass is 9.98. The molecule has 4 nitrogen and oxygen atoms in total. The van der Waals surface area contributed by atoms with Crippen LogP contribution >= 0.6 is 22.9 Å². The van der Waals surface area contributed by atoms with E-state index >= 15 is 0 Å². The van der Waals surface area contributed by atoms with Crippen molar-refractivity contribution < 1.29 is 4.79 Å². The number of nitrogens with zero attached hydrogens (tertiary/aromatic N) is 2. The Bertz CT molecular complexity index is 923. The Hall–Kier alpha value is -1.95. The minimum absolute atomic E-state index is 0.0328. The Morgan fingerprint density at radius 1 is 1.29 bits per heavy atom. The molecule has 4 rings (SSSR count). The normalized spacial score (nSPS) is 18.9. The van der Waals surface area contributed by atoms with Gasteiger partial charge < -0.3 is 5.32 Å². The SMILES string of the molecule is CC(NC(=O)CN1CCCC(c2nc3ccccc3s2)C1)c1ccc(Cl)cc1. The highest BCUT2D eigenvalue weighted by Crippen LogP contribution is 2.32. The van der Waals surface area contributed by atoms with Crippen LogP contribution in [-0.2, 0) is 4.79 Å². The van der Waals surface area contributed by atoms with Crippen LogP contribution in [0.1, 0.15) is 42.3 Å².